The molecule has 1 N–H and O–H groups in total. The van der Waals surface area contributed by atoms with E-state index in [1.807, 2.05) is 41.3 Å². The van der Waals surface area contributed by atoms with E-state index in [0.29, 0.717) is 30.9 Å². The van der Waals surface area contributed by atoms with Crippen LogP contribution in [0.1, 0.15) is 30.0 Å². The molecule has 28 heavy (non-hydrogen) atoms. The Bertz CT molecular complexity index is 926. The van der Waals surface area contributed by atoms with Crippen LogP contribution < -0.4 is 15.0 Å². The highest BCUT2D eigenvalue weighted by molar-refractivity contribution is 5.82. The molecular weight excluding hydrogens is 369 g/mol. The normalized spacial score (nSPS) is 20.8. The van der Waals surface area contributed by atoms with E-state index in [2.05, 4.69) is 11.9 Å². The summed E-state index contributed by atoms with van der Waals surface area (Å²) in [6, 6.07) is 11.7. The lowest BCUT2D eigenvalue weighted by molar-refractivity contribution is -0.174. The number of hydrogen-bond acceptors (Lipinski definition) is 3. The van der Waals surface area contributed by atoms with E-state index in [4.69, 9.17) is 4.74 Å². The van der Waals surface area contributed by atoms with Gasteiger partial charge in [-0.2, -0.15) is 13.2 Å². The molecule has 2 heterocycles. The third-order valence-corrected chi connectivity index (χ3v) is 5.19. The summed E-state index contributed by atoms with van der Waals surface area (Å²) in [5.41, 5.74) is 2.42. The van der Waals surface area contributed by atoms with Crippen LogP contribution in [0.2, 0.25) is 0 Å². The molecule has 2 atom stereocenters. The standard InChI is InChI=1S/C21H19F3N2O2/c1-2-13-9-10-18-16(12-13)26-11-5-7-15(25-20(27)21(22,23)24)19(26)14-6-3-4-8-17(14)28-18/h2-4,6,8-10,12,15,19H,1,5,7,11H2,(H,25,27)/t15-,19-/m0/s1. The Hall–Kier alpha value is -2.96. The zero-order valence-corrected chi connectivity index (χ0v) is 15.0. The van der Waals surface area contributed by atoms with Gasteiger partial charge in [-0.05, 0) is 36.6 Å². The zero-order chi connectivity index (χ0) is 19.9. The van der Waals surface area contributed by atoms with Crippen molar-refractivity contribution < 1.29 is 22.7 Å². The molecule has 0 aliphatic carbocycles. The number of carbonyl (C=O) groups is 1. The van der Waals surface area contributed by atoms with Crippen molar-refractivity contribution in [1.82, 2.24) is 5.32 Å². The van der Waals surface area contributed by atoms with E-state index in [-0.39, 0.29) is 0 Å². The van der Waals surface area contributed by atoms with Crippen LogP contribution in [0.25, 0.3) is 6.08 Å². The number of rotatable bonds is 2. The van der Waals surface area contributed by atoms with Crippen molar-refractivity contribution in [2.45, 2.75) is 31.1 Å². The fourth-order valence-corrected chi connectivity index (χ4v) is 3.96. The number of halogens is 3. The number of alkyl halides is 3. The molecule has 7 heteroatoms. The number of benzene rings is 2. The van der Waals surface area contributed by atoms with Crippen molar-refractivity contribution >= 4 is 17.7 Å². The first-order valence-corrected chi connectivity index (χ1v) is 9.06. The van der Waals surface area contributed by atoms with Crippen LogP contribution in [0.3, 0.4) is 0 Å². The maximum atomic E-state index is 12.9. The number of hydrogen-bond donors (Lipinski definition) is 1. The summed E-state index contributed by atoms with van der Waals surface area (Å²) in [6.07, 6.45) is -2.11. The number of anilines is 1. The number of nitrogens with zero attached hydrogens (tertiary/aromatic N) is 1. The molecule has 0 bridgehead atoms. The maximum absolute atomic E-state index is 12.9. The van der Waals surface area contributed by atoms with Crippen LogP contribution in [0.5, 0.6) is 11.5 Å². The molecule has 2 aromatic carbocycles. The summed E-state index contributed by atoms with van der Waals surface area (Å²) in [4.78, 5) is 13.7. The van der Waals surface area contributed by atoms with E-state index < -0.39 is 24.2 Å². The summed E-state index contributed by atoms with van der Waals surface area (Å²) in [5.74, 6) is -0.707. The predicted octanol–water partition coefficient (Wildman–Crippen LogP) is 4.82. The fourth-order valence-electron chi connectivity index (χ4n) is 3.96. The molecule has 0 saturated carbocycles. The van der Waals surface area contributed by atoms with Gasteiger partial charge in [0.2, 0.25) is 0 Å². The molecule has 0 unspecified atom stereocenters. The second-order valence-electron chi connectivity index (χ2n) is 6.93. The quantitative estimate of drug-likeness (QED) is 0.802. The van der Waals surface area contributed by atoms with E-state index in [9.17, 15) is 18.0 Å². The van der Waals surface area contributed by atoms with Crippen molar-refractivity contribution in [1.29, 1.82) is 0 Å². The fraction of sp³-hybridized carbons (Fsp3) is 0.286. The molecule has 2 aliphatic rings. The lowest BCUT2D eigenvalue weighted by Gasteiger charge is -2.42. The molecule has 2 aliphatic heterocycles. The molecule has 0 aromatic heterocycles. The van der Waals surface area contributed by atoms with E-state index in [1.165, 1.54) is 0 Å². The smallest absolute Gasteiger partial charge is 0.455 e. The number of fused-ring (bicyclic) bond motifs is 5. The van der Waals surface area contributed by atoms with Crippen molar-refractivity contribution in [3.8, 4) is 11.5 Å². The summed E-state index contributed by atoms with van der Waals surface area (Å²) in [7, 11) is 0. The van der Waals surface area contributed by atoms with E-state index in [0.717, 1.165) is 16.8 Å². The number of nitrogens with one attached hydrogen (secondary N) is 1. The molecule has 0 radical (unpaired) electrons. The third kappa shape index (κ3) is 3.21. The molecule has 1 fully saturated rings. The van der Waals surface area contributed by atoms with Gasteiger partial charge in [-0.1, -0.05) is 36.9 Å². The van der Waals surface area contributed by atoms with Crippen molar-refractivity contribution in [2.24, 2.45) is 0 Å². The van der Waals surface area contributed by atoms with Gasteiger partial charge in [-0.3, -0.25) is 4.79 Å². The highest BCUT2D eigenvalue weighted by Gasteiger charge is 2.44. The van der Waals surface area contributed by atoms with Crippen LogP contribution in [0.4, 0.5) is 18.9 Å². The Morgan fingerprint density at radius 3 is 2.75 bits per heavy atom. The highest BCUT2D eigenvalue weighted by atomic mass is 19.4. The Balaban J connectivity index is 1.82. The number of carbonyl (C=O) groups excluding carboxylic acids is 1. The summed E-state index contributed by atoms with van der Waals surface area (Å²) in [6.45, 7) is 4.43. The lowest BCUT2D eigenvalue weighted by atomic mass is 9.89. The Morgan fingerprint density at radius 1 is 1.21 bits per heavy atom. The van der Waals surface area contributed by atoms with Gasteiger partial charge in [0.05, 0.1) is 17.8 Å². The third-order valence-electron chi connectivity index (χ3n) is 5.19. The summed E-state index contributed by atoms with van der Waals surface area (Å²) >= 11 is 0. The Kier molecular flexibility index (Phi) is 4.53. The number of ether oxygens (including phenoxy) is 1. The molecule has 146 valence electrons. The largest absolute Gasteiger partial charge is 0.471 e. The molecule has 2 aromatic rings. The predicted molar refractivity (Wildman–Crippen MR) is 100 cm³/mol. The van der Waals surface area contributed by atoms with Crippen molar-refractivity contribution in [2.75, 3.05) is 11.4 Å². The Morgan fingerprint density at radius 2 is 2.00 bits per heavy atom. The lowest BCUT2D eigenvalue weighted by Crippen LogP contribution is -2.52. The first-order chi connectivity index (χ1) is 13.4. The SMILES string of the molecule is C=Cc1ccc2c(c1)N1CCC[C@H](NC(=O)C(F)(F)F)[C@@H]1c1ccccc1O2. The van der Waals surface area contributed by atoms with Gasteiger partial charge >= 0.3 is 12.1 Å². The molecule has 4 nitrogen and oxygen atoms in total. The molecule has 4 rings (SSSR count). The van der Waals surface area contributed by atoms with Gasteiger partial charge < -0.3 is 15.0 Å². The van der Waals surface area contributed by atoms with Gasteiger partial charge in [0.25, 0.3) is 0 Å². The van der Waals surface area contributed by atoms with Crippen LogP contribution in [0, 0.1) is 0 Å². The van der Waals surface area contributed by atoms with Gasteiger partial charge in [0.15, 0.2) is 5.75 Å². The molecule has 0 spiro atoms. The number of piperidine rings is 1. The second kappa shape index (κ2) is 6.89. The van der Waals surface area contributed by atoms with E-state index >= 15 is 0 Å². The van der Waals surface area contributed by atoms with Crippen LogP contribution in [-0.2, 0) is 4.79 Å². The topological polar surface area (TPSA) is 41.6 Å². The average Bonchev–Trinajstić information content (AvgIpc) is 2.82. The maximum Gasteiger partial charge on any atom is 0.471 e. The Labute approximate surface area is 160 Å². The van der Waals surface area contributed by atoms with Gasteiger partial charge in [-0.15, -0.1) is 0 Å². The van der Waals surface area contributed by atoms with Gasteiger partial charge in [0.1, 0.15) is 5.75 Å². The first kappa shape index (κ1) is 18.4. The number of amides is 1. The van der Waals surface area contributed by atoms with Crippen molar-refractivity contribution in [3.63, 3.8) is 0 Å². The van der Waals surface area contributed by atoms with Crippen LogP contribution in [-0.4, -0.2) is 24.7 Å². The first-order valence-electron chi connectivity index (χ1n) is 9.06. The average molecular weight is 388 g/mol. The summed E-state index contributed by atoms with van der Waals surface area (Å²) < 4.78 is 44.7. The minimum Gasteiger partial charge on any atom is -0.455 e. The van der Waals surface area contributed by atoms with Crippen LogP contribution >= 0.6 is 0 Å². The minimum atomic E-state index is -4.92. The summed E-state index contributed by atoms with van der Waals surface area (Å²) in [5, 5.41) is 2.20. The minimum absolute atomic E-state index is 0.452. The number of para-hydroxylation sites is 1. The monoisotopic (exact) mass is 388 g/mol. The molecular formula is C21H19F3N2O2. The highest BCUT2D eigenvalue weighted by Crippen LogP contribution is 2.47. The molecule has 1 amide bonds. The van der Waals surface area contributed by atoms with Gasteiger partial charge in [-0.25, -0.2) is 0 Å². The van der Waals surface area contributed by atoms with E-state index in [1.54, 1.807) is 12.1 Å². The second-order valence-corrected chi connectivity index (χ2v) is 6.93. The van der Waals surface area contributed by atoms with Gasteiger partial charge in [0, 0.05) is 12.1 Å². The van der Waals surface area contributed by atoms with Crippen molar-refractivity contribution in [3.05, 3.63) is 60.2 Å². The van der Waals surface area contributed by atoms with Crippen LogP contribution in [0.15, 0.2) is 49.0 Å². The molecule has 1 saturated heterocycles. The zero-order valence-electron chi connectivity index (χ0n) is 15.0.